The van der Waals surface area contributed by atoms with Gasteiger partial charge < -0.3 is 18.1 Å². The first-order valence-electron chi connectivity index (χ1n) is 2.89. The van der Waals surface area contributed by atoms with E-state index in [9.17, 15) is 12.9 Å². The van der Waals surface area contributed by atoms with Gasteiger partial charge in [0.25, 0.3) is 0 Å². The molecule has 7 heteroatoms. The number of aliphatic hydroxyl groups excluding tert-OH is 1. The first kappa shape index (κ1) is 15.3. The van der Waals surface area contributed by atoms with Crippen LogP contribution in [0.3, 0.4) is 0 Å². The summed E-state index contributed by atoms with van der Waals surface area (Å²) in [5.74, 6) is 0. The molecule has 0 bridgehead atoms. The summed E-state index contributed by atoms with van der Waals surface area (Å²) in [5, 5.41) is 8.03. The van der Waals surface area contributed by atoms with E-state index in [0.717, 1.165) is 11.8 Å². The molecule has 1 atom stereocenters. The molecular formula is C4H9BF3KOS. The van der Waals surface area contributed by atoms with E-state index in [1.807, 2.05) is 0 Å². The summed E-state index contributed by atoms with van der Waals surface area (Å²) in [4.78, 5) is 0. The molecule has 0 fully saturated rings. The Bertz CT molecular complexity index is 102. The second-order valence-electron chi connectivity index (χ2n) is 2.04. The van der Waals surface area contributed by atoms with Gasteiger partial charge in [-0.05, 0) is 5.65 Å². The van der Waals surface area contributed by atoms with Crippen LogP contribution in [0.5, 0.6) is 0 Å². The molecule has 0 aromatic carbocycles. The van der Waals surface area contributed by atoms with Gasteiger partial charge in [0.1, 0.15) is 0 Å². The molecule has 0 spiro atoms. The van der Waals surface area contributed by atoms with Crippen molar-refractivity contribution in [1.82, 2.24) is 0 Å². The predicted molar refractivity (Wildman–Crippen MR) is 38.1 cm³/mol. The van der Waals surface area contributed by atoms with Crippen LogP contribution in [-0.2, 0) is 0 Å². The molecule has 0 aromatic heterocycles. The Morgan fingerprint density at radius 1 is 1.45 bits per heavy atom. The molecule has 1 unspecified atom stereocenters. The minimum Gasteiger partial charge on any atom is -0.448 e. The molecule has 0 heterocycles. The quantitative estimate of drug-likeness (QED) is 0.572. The van der Waals surface area contributed by atoms with Crippen molar-refractivity contribution in [2.45, 2.75) is 12.2 Å². The van der Waals surface area contributed by atoms with Crippen molar-refractivity contribution < 1.29 is 69.4 Å². The van der Waals surface area contributed by atoms with Gasteiger partial charge >= 0.3 is 58.4 Å². The number of hydrogen-bond donors (Lipinski definition) is 1. The van der Waals surface area contributed by atoms with Crippen molar-refractivity contribution in [1.29, 1.82) is 0 Å². The minimum atomic E-state index is -4.69. The third-order valence-electron chi connectivity index (χ3n) is 0.827. The van der Waals surface area contributed by atoms with Gasteiger partial charge in [0.2, 0.25) is 0 Å². The van der Waals surface area contributed by atoms with Crippen molar-refractivity contribution in [2.75, 3.05) is 12.3 Å². The molecule has 1 nitrogen and oxygen atoms in total. The normalized spacial score (nSPS) is 13.9. The van der Waals surface area contributed by atoms with Gasteiger partial charge in [-0.3, -0.25) is 0 Å². The van der Waals surface area contributed by atoms with Crippen LogP contribution in [0.4, 0.5) is 12.9 Å². The van der Waals surface area contributed by atoms with E-state index in [0.29, 0.717) is 0 Å². The van der Waals surface area contributed by atoms with Gasteiger partial charge in [0.15, 0.2) is 0 Å². The maximum absolute atomic E-state index is 11.5. The summed E-state index contributed by atoms with van der Waals surface area (Å²) in [7, 11) is 0. The van der Waals surface area contributed by atoms with Crippen LogP contribution in [-0.4, -0.2) is 29.6 Å². The molecule has 0 rings (SSSR count). The standard InChI is InChI=1S/C4H9BF3OS.K/c1-4(2-9)10-3-5(6,7)8;/h4,9H,2-3H2,1H3;/q-1;+1. The third-order valence-corrected chi connectivity index (χ3v) is 2.12. The third kappa shape index (κ3) is 11.8. The fraction of sp³-hybridized carbons (Fsp3) is 1.00. The van der Waals surface area contributed by atoms with Crippen molar-refractivity contribution in [2.24, 2.45) is 0 Å². The maximum Gasteiger partial charge on any atom is 1.00 e. The van der Waals surface area contributed by atoms with Crippen LogP contribution < -0.4 is 51.4 Å². The summed E-state index contributed by atoms with van der Waals surface area (Å²) in [6.07, 6.45) is 0. The topological polar surface area (TPSA) is 20.2 Å². The molecule has 62 valence electrons. The van der Waals surface area contributed by atoms with Crippen molar-refractivity contribution in [3.05, 3.63) is 0 Å². The largest absolute Gasteiger partial charge is 1.00 e. The average molecular weight is 212 g/mol. The van der Waals surface area contributed by atoms with Gasteiger partial charge in [-0.25, -0.2) is 0 Å². The Balaban J connectivity index is 0. The van der Waals surface area contributed by atoms with E-state index in [4.69, 9.17) is 5.11 Å². The monoisotopic (exact) mass is 212 g/mol. The molecule has 0 saturated carbocycles. The van der Waals surface area contributed by atoms with Crippen LogP contribution in [0.2, 0.25) is 0 Å². The van der Waals surface area contributed by atoms with Crippen LogP contribution >= 0.6 is 11.8 Å². The minimum absolute atomic E-state index is 0. The molecular weight excluding hydrogens is 203 g/mol. The number of rotatable bonds is 4. The molecule has 0 aliphatic rings. The summed E-state index contributed by atoms with van der Waals surface area (Å²) in [6.45, 7) is -3.32. The van der Waals surface area contributed by atoms with Gasteiger partial charge in [-0.1, -0.05) is 6.92 Å². The molecule has 0 amide bonds. The van der Waals surface area contributed by atoms with E-state index in [1.165, 1.54) is 0 Å². The molecule has 0 saturated heterocycles. The first-order chi connectivity index (χ1) is 4.45. The van der Waals surface area contributed by atoms with E-state index < -0.39 is 12.6 Å². The number of aliphatic hydroxyl groups is 1. The van der Waals surface area contributed by atoms with Crippen molar-refractivity contribution in [3.8, 4) is 0 Å². The summed E-state index contributed by atoms with van der Waals surface area (Å²) >= 11 is 0.736. The van der Waals surface area contributed by atoms with Gasteiger partial charge in [0, 0.05) is 5.25 Å². The maximum atomic E-state index is 11.5. The molecule has 0 radical (unpaired) electrons. The fourth-order valence-electron chi connectivity index (χ4n) is 0.326. The predicted octanol–water partition coefficient (Wildman–Crippen LogP) is -1.51. The summed E-state index contributed by atoms with van der Waals surface area (Å²) in [6, 6.07) is 0. The molecule has 0 aliphatic carbocycles. The Labute approximate surface area is 111 Å². The SMILES string of the molecule is CC(CO)SC[B-](F)(F)F.[K+]. The smallest absolute Gasteiger partial charge is 0.448 e. The van der Waals surface area contributed by atoms with Gasteiger partial charge in [-0.2, -0.15) is 11.8 Å². The molecule has 0 aromatic rings. The number of halogens is 3. The Morgan fingerprint density at radius 2 is 1.91 bits per heavy atom. The van der Waals surface area contributed by atoms with Crippen molar-refractivity contribution in [3.63, 3.8) is 0 Å². The summed E-state index contributed by atoms with van der Waals surface area (Å²) < 4.78 is 34.5. The van der Waals surface area contributed by atoms with E-state index >= 15 is 0 Å². The van der Waals surface area contributed by atoms with Gasteiger partial charge in [0.05, 0.1) is 6.61 Å². The van der Waals surface area contributed by atoms with Crippen molar-refractivity contribution >= 4 is 18.7 Å². The van der Waals surface area contributed by atoms with Crippen LogP contribution in [0.1, 0.15) is 6.92 Å². The second-order valence-corrected chi connectivity index (χ2v) is 3.51. The first-order valence-corrected chi connectivity index (χ1v) is 3.94. The Morgan fingerprint density at radius 3 is 2.18 bits per heavy atom. The van der Waals surface area contributed by atoms with Crippen LogP contribution in [0.15, 0.2) is 0 Å². The van der Waals surface area contributed by atoms with Gasteiger partial charge in [-0.15, -0.1) is 0 Å². The van der Waals surface area contributed by atoms with E-state index in [2.05, 4.69) is 0 Å². The average Bonchev–Trinajstić information content (AvgIpc) is 1.81. The summed E-state index contributed by atoms with van der Waals surface area (Å²) in [5.41, 5.74) is -0.818. The fourth-order valence-corrected chi connectivity index (χ4v) is 0.978. The van der Waals surface area contributed by atoms with Crippen LogP contribution in [0.25, 0.3) is 0 Å². The molecule has 11 heavy (non-hydrogen) atoms. The second kappa shape index (κ2) is 7.23. The molecule has 0 aliphatic heterocycles. The molecule has 1 N–H and O–H groups in total. The van der Waals surface area contributed by atoms with E-state index in [1.54, 1.807) is 6.92 Å². The van der Waals surface area contributed by atoms with Crippen LogP contribution in [0, 0.1) is 0 Å². The Hall–Kier alpha value is 1.80. The number of hydrogen-bond acceptors (Lipinski definition) is 2. The number of thioether (sulfide) groups is 1. The zero-order valence-corrected chi connectivity index (χ0v) is 10.5. The van der Waals surface area contributed by atoms with E-state index in [-0.39, 0.29) is 63.2 Å². The zero-order valence-electron chi connectivity index (χ0n) is 6.56. The zero-order chi connectivity index (χ0) is 8.20. The Kier molecular flexibility index (Phi) is 10.0.